The standard InChI is InChI=1S/C19H20F2N2O6S2/c1-13(30(25,26)16-5-2-14(20)3-6-16)19(24)22-15-4-7-17(21)18(12-15)31(27,28)23-8-10-29-11-9-23/h2-7,12-13H,8-11H2,1H3,(H,22,24). The van der Waals surface area contributed by atoms with Crippen LogP contribution >= 0.6 is 0 Å². The Balaban J connectivity index is 1.83. The minimum atomic E-state index is -4.17. The first-order chi connectivity index (χ1) is 14.5. The van der Waals surface area contributed by atoms with Gasteiger partial charge in [-0.05, 0) is 49.4 Å². The summed E-state index contributed by atoms with van der Waals surface area (Å²) in [4.78, 5) is 11.6. The van der Waals surface area contributed by atoms with Crippen LogP contribution in [0.3, 0.4) is 0 Å². The monoisotopic (exact) mass is 474 g/mol. The summed E-state index contributed by atoms with van der Waals surface area (Å²) in [5, 5.41) is 0.738. The van der Waals surface area contributed by atoms with Crippen molar-refractivity contribution in [3.05, 3.63) is 54.1 Å². The molecule has 0 bridgehead atoms. The van der Waals surface area contributed by atoms with Crippen LogP contribution in [-0.4, -0.2) is 58.6 Å². The second kappa shape index (κ2) is 8.99. The van der Waals surface area contributed by atoms with Crippen molar-refractivity contribution in [1.29, 1.82) is 0 Å². The van der Waals surface area contributed by atoms with E-state index < -0.39 is 47.5 Å². The van der Waals surface area contributed by atoms with Crippen molar-refractivity contribution in [2.75, 3.05) is 31.6 Å². The summed E-state index contributed by atoms with van der Waals surface area (Å²) in [5.74, 6) is -2.58. The molecule has 2 aromatic carbocycles. The average Bonchev–Trinajstić information content (AvgIpc) is 2.75. The van der Waals surface area contributed by atoms with E-state index in [0.29, 0.717) is 0 Å². The Hall–Kier alpha value is -2.41. The number of nitrogens with zero attached hydrogens (tertiary/aromatic N) is 1. The Bertz CT molecular complexity index is 1180. The van der Waals surface area contributed by atoms with Crippen molar-refractivity contribution in [3.8, 4) is 0 Å². The molecule has 1 aliphatic rings. The zero-order valence-electron chi connectivity index (χ0n) is 16.4. The molecule has 31 heavy (non-hydrogen) atoms. The van der Waals surface area contributed by atoms with Crippen LogP contribution in [0.25, 0.3) is 0 Å². The second-order valence-electron chi connectivity index (χ2n) is 6.79. The number of nitrogens with one attached hydrogen (secondary N) is 1. The minimum absolute atomic E-state index is 0.0608. The molecule has 12 heteroatoms. The van der Waals surface area contributed by atoms with Gasteiger partial charge < -0.3 is 10.1 Å². The highest BCUT2D eigenvalue weighted by molar-refractivity contribution is 7.92. The van der Waals surface area contributed by atoms with E-state index in [1.54, 1.807) is 0 Å². The largest absolute Gasteiger partial charge is 0.379 e. The maximum Gasteiger partial charge on any atom is 0.246 e. The number of halogens is 2. The molecule has 1 amide bonds. The number of morpholine rings is 1. The van der Waals surface area contributed by atoms with Gasteiger partial charge in [0.05, 0.1) is 18.1 Å². The van der Waals surface area contributed by atoms with E-state index >= 15 is 0 Å². The molecule has 1 unspecified atom stereocenters. The second-order valence-corrected chi connectivity index (χ2v) is 11.0. The fourth-order valence-corrected chi connectivity index (χ4v) is 5.68. The van der Waals surface area contributed by atoms with Crippen LogP contribution in [0.5, 0.6) is 0 Å². The molecular formula is C19H20F2N2O6S2. The van der Waals surface area contributed by atoms with Crippen molar-refractivity contribution >= 4 is 31.5 Å². The van der Waals surface area contributed by atoms with Crippen molar-refractivity contribution in [1.82, 2.24) is 4.31 Å². The van der Waals surface area contributed by atoms with E-state index in [1.165, 1.54) is 0 Å². The van der Waals surface area contributed by atoms with Gasteiger partial charge in [0.15, 0.2) is 9.84 Å². The normalized spacial score (nSPS) is 16.6. The molecule has 1 atom stereocenters. The predicted octanol–water partition coefficient (Wildman–Crippen LogP) is 1.79. The predicted molar refractivity (Wildman–Crippen MR) is 108 cm³/mol. The topological polar surface area (TPSA) is 110 Å². The molecule has 1 aliphatic heterocycles. The fourth-order valence-electron chi connectivity index (χ4n) is 2.92. The number of anilines is 1. The first kappa shape index (κ1) is 23.3. The van der Waals surface area contributed by atoms with Gasteiger partial charge in [-0.1, -0.05) is 0 Å². The molecule has 0 saturated carbocycles. The van der Waals surface area contributed by atoms with E-state index in [9.17, 15) is 30.4 Å². The lowest BCUT2D eigenvalue weighted by atomic mass is 10.3. The third kappa shape index (κ3) is 4.92. The number of hydrogen-bond donors (Lipinski definition) is 1. The average molecular weight is 475 g/mol. The quantitative estimate of drug-likeness (QED) is 0.640. The summed E-state index contributed by atoms with van der Waals surface area (Å²) in [6.07, 6.45) is 0. The molecule has 3 rings (SSSR count). The van der Waals surface area contributed by atoms with Gasteiger partial charge in [-0.25, -0.2) is 25.6 Å². The molecule has 0 aliphatic carbocycles. The number of amides is 1. The lowest BCUT2D eigenvalue weighted by molar-refractivity contribution is -0.115. The van der Waals surface area contributed by atoms with Crippen LogP contribution in [0.15, 0.2) is 52.3 Å². The van der Waals surface area contributed by atoms with Gasteiger partial charge in [0.25, 0.3) is 0 Å². The molecule has 2 aromatic rings. The molecule has 8 nitrogen and oxygen atoms in total. The number of benzene rings is 2. The molecule has 0 radical (unpaired) electrons. The van der Waals surface area contributed by atoms with Gasteiger partial charge in [-0.3, -0.25) is 4.79 Å². The Kier molecular flexibility index (Phi) is 6.74. The molecular weight excluding hydrogens is 454 g/mol. The number of hydrogen-bond acceptors (Lipinski definition) is 6. The van der Waals surface area contributed by atoms with Crippen LogP contribution in [0.2, 0.25) is 0 Å². The van der Waals surface area contributed by atoms with Gasteiger partial charge in [0, 0.05) is 18.8 Å². The molecule has 1 N–H and O–H groups in total. The smallest absolute Gasteiger partial charge is 0.246 e. The Morgan fingerprint density at radius 3 is 2.26 bits per heavy atom. The maximum atomic E-state index is 14.3. The molecule has 1 heterocycles. The zero-order chi connectivity index (χ0) is 22.8. The first-order valence-corrected chi connectivity index (χ1v) is 12.2. The fraction of sp³-hybridized carbons (Fsp3) is 0.316. The zero-order valence-corrected chi connectivity index (χ0v) is 18.0. The molecule has 1 fully saturated rings. The van der Waals surface area contributed by atoms with Gasteiger partial charge in [-0.2, -0.15) is 4.31 Å². The van der Waals surface area contributed by atoms with Gasteiger partial charge in [0.2, 0.25) is 15.9 Å². The highest BCUT2D eigenvalue weighted by Gasteiger charge is 2.32. The number of rotatable bonds is 6. The van der Waals surface area contributed by atoms with E-state index in [4.69, 9.17) is 4.74 Å². The van der Waals surface area contributed by atoms with Crippen molar-refractivity contribution in [3.63, 3.8) is 0 Å². The van der Waals surface area contributed by atoms with Gasteiger partial charge in [0.1, 0.15) is 21.8 Å². The lowest BCUT2D eigenvalue weighted by Crippen LogP contribution is -2.41. The summed E-state index contributed by atoms with van der Waals surface area (Å²) in [6.45, 7) is 1.62. The molecule has 1 saturated heterocycles. The van der Waals surface area contributed by atoms with Gasteiger partial charge >= 0.3 is 0 Å². The van der Waals surface area contributed by atoms with E-state index in [2.05, 4.69) is 5.32 Å². The number of carbonyl (C=O) groups excluding carboxylic acids is 1. The van der Waals surface area contributed by atoms with Gasteiger partial charge in [-0.15, -0.1) is 0 Å². The highest BCUT2D eigenvalue weighted by Crippen LogP contribution is 2.25. The third-order valence-electron chi connectivity index (χ3n) is 4.76. The highest BCUT2D eigenvalue weighted by atomic mass is 32.2. The molecule has 168 valence electrons. The third-order valence-corrected chi connectivity index (χ3v) is 8.75. The number of sulfonamides is 1. The van der Waals surface area contributed by atoms with E-state index in [0.717, 1.165) is 53.7 Å². The number of sulfone groups is 1. The number of ether oxygens (including phenoxy) is 1. The summed E-state index contributed by atoms with van der Waals surface area (Å²) in [5.41, 5.74) is -0.0839. The first-order valence-electron chi connectivity index (χ1n) is 9.21. The Morgan fingerprint density at radius 2 is 1.65 bits per heavy atom. The van der Waals surface area contributed by atoms with Crippen molar-refractivity contribution < 1.29 is 35.1 Å². The number of carbonyl (C=O) groups is 1. The Morgan fingerprint density at radius 1 is 1.03 bits per heavy atom. The summed E-state index contributed by atoms with van der Waals surface area (Å²) in [6, 6.07) is 6.94. The SMILES string of the molecule is CC(C(=O)Nc1ccc(F)c(S(=O)(=O)N2CCOCC2)c1)S(=O)(=O)c1ccc(F)cc1. The maximum absolute atomic E-state index is 14.3. The van der Waals surface area contributed by atoms with Crippen LogP contribution in [0.4, 0.5) is 14.5 Å². The summed E-state index contributed by atoms with van der Waals surface area (Å²) >= 11 is 0. The summed E-state index contributed by atoms with van der Waals surface area (Å²) in [7, 11) is -8.31. The van der Waals surface area contributed by atoms with Crippen molar-refractivity contribution in [2.45, 2.75) is 22.0 Å². The summed E-state index contributed by atoms with van der Waals surface area (Å²) < 4.78 is 84.2. The van der Waals surface area contributed by atoms with Crippen LogP contribution in [0.1, 0.15) is 6.92 Å². The van der Waals surface area contributed by atoms with Crippen LogP contribution in [0, 0.1) is 11.6 Å². The van der Waals surface area contributed by atoms with E-state index in [1.807, 2.05) is 0 Å². The lowest BCUT2D eigenvalue weighted by Gasteiger charge is -2.26. The van der Waals surface area contributed by atoms with Crippen molar-refractivity contribution in [2.24, 2.45) is 0 Å². The molecule has 0 aromatic heterocycles. The van der Waals surface area contributed by atoms with Crippen LogP contribution in [-0.2, 0) is 29.4 Å². The minimum Gasteiger partial charge on any atom is -0.379 e. The molecule has 0 spiro atoms. The Labute approximate surface area is 178 Å². The van der Waals surface area contributed by atoms with E-state index in [-0.39, 0.29) is 36.9 Å². The van der Waals surface area contributed by atoms with Crippen LogP contribution < -0.4 is 5.32 Å².